The molecule has 1 unspecified atom stereocenters. The lowest BCUT2D eigenvalue weighted by atomic mass is 10.1. The van der Waals surface area contributed by atoms with E-state index in [1.54, 1.807) is 0 Å². The van der Waals surface area contributed by atoms with Crippen molar-refractivity contribution in [2.45, 2.75) is 45.0 Å². The van der Waals surface area contributed by atoms with E-state index in [0.717, 1.165) is 43.4 Å². The molecule has 0 saturated carbocycles. The van der Waals surface area contributed by atoms with Gasteiger partial charge in [0.1, 0.15) is 5.82 Å². The Morgan fingerprint density at radius 2 is 2.32 bits per heavy atom. The van der Waals surface area contributed by atoms with Crippen LogP contribution in [0.25, 0.3) is 0 Å². The Kier molecular flexibility index (Phi) is 4.99. The van der Waals surface area contributed by atoms with Crippen molar-refractivity contribution in [2.24, 2.45) is 0 Å². The quantitative estimate of drug-likeness (QED) is 0.797. The fourth-order valence-corrected chi connectivity index (χ4v) is 2.55. The van der Waals surface area contributed by atoms with E-state index in [4.69, 9.17) is 16.3 Å². The summed E-state index contributed by atoms with van der Waals surface area (Å²) in [6.07, 6.45) is 2.97. The second-order valence-corrected chi connectivity index (χ2v) is 5.45. The van der Waals surface area contributed by atoms with Crippen molar-refractivity contribution in [3.05, 3.63) is 17.7 Å². The highest BCUT2D eigenvalue weighted by Crippen LogP contribution is 2.26. The van der Waals surface area contributed by atoms with Crippen molar-refractivity contribution >= 4 is 17.3 Å². The van der Waals surface area contributed by atoms with Crippen molar-refractivity contribution in [1.82, 2.24) is 9.97 Å². The van der Waals surface area contributed by atoms with Gasteiger partial charge in [0.25, 0.3) is 0 Å². The largest absolute Gasteiger partial charge is 0.377 e. The summed E-state index contributed by atoms with van der Waals surface area (Å²) in [7, 11) is 0. The number of nitrogens with zero attached hydrogens (tertiary/aromatic N) is 3. The number of alkyl halides is 1. The predicted octanol–water partition coefficient (Wildman–Crippen LogP) is 2.95. The molecule has 19 heavy (non-hydrogen) atoms. The molecule has 0 aliphatic carbocycles. The van der Waals surface area contributed by atoms with Gasteiger partial charge >= 0.3 is 0 Å². The molecule has 1 aliphatic rings. The first-order chi connectivity index (χ1) is 9.17. The predicted molar refractivity (Wildman–Crippen MR) is 77.9 cm³/mol. The van der Waals surface area contributed by atoms with Gasteiger partial charge in [-0.2, -0.15) is 0 Å². The van der Waals surface area contributed by atoms with Crippen LogP contribution in [0.1, 0.15) is 44.6 Å². The Bertz CT molecular complexity index is 425. The van der Waals surface area contributed by atoms with E-state index in [2.05, 4.69) is 35.6 Å². The van der Waals surface area contributed by atoms with Crippen LogP contribution in [0.3, 0.4) is 0 Å². The highest BCUT2D eigenvalue weighted by molar-refractivity contribution is 6.17. The zero-order valence-electron chi connectivity index (χ0n) is 11.9. The molecule has 2 heterocycles. The number of hydrogen-bond acceptors (Lipinski definition) is 4. The topological polar surface area (TPSA) is 38.2 Å². The minimum atomic E-state index is 0.322. The third kappa shape index (κ3) is 3.18. The first-order valence-electron chi connectivity index (χ1n) is 6.93. The van der Waals surface area contributed by atoms with Gasteiger partial charge in [-0.25, -0.2) is 9.97 Å². The molecule has 2 rings (SSSR count). The van der Waals surface area contributed by atoms with E-state index in [-0.39, 0.29) is 0 Å². The maximum atomic E-state index is 6.07. The average Bonchev–Trinajstić information content (AvgIpc) is 2.46. The van der Waals surface area contributed by atoms with Crippen LogP contribution in [0, 0.1) is 0 Å². The number of ether oxygens (including phenoxy) is 1. The van der Waals surface area contributed by atoms with Gasteiger partial charge in [-0.15, -0.1) is 11.6 Å². The van der Waals surface area contributed by atoms with Crippen LogP contribution < -0.4 is 4.90 Å². The molecule has 0 bridgehead atoms. The number of anilines is 1. The van der Waals surface area contributed by atoms with Crippen LogP contribution in [0.2, 0.25) is 0 Å². The maximum Gasteiger partial charge on any atom is 0.131 e. The summed E-state index contributed by atoms with van der Waals surface area (Å²) in [6.45, 7) is 8.77. The summed E-state index contributed by atoms with van der Waals surface area (Å²) >= 11 is 6.07. The Hall–Kier alpha value is -0.870. The molecule has 1 aromatic rings. The van der Waals surface area contributed by atoms with E-state index < -0.39 is 0 Å². The summed E-state index contributed by atoms with van der Waals surface area (Å²) in [5.41, 5.74) is 2.00. The van der Waals surface area contributed by atoms with Crippen molar-refractivity contribution in [2.75, 3.05) is 24.7 Å². The average molecular weight is 284 g/mol. The normalized spacial score (nSPS) is 20.1. The first kappa shape index (κ1) is 14.5. The zero-order valence-corrected chi connectivity index (χ0v) is 12.7. The van der Waals surface area contributed by atoms with Crippen LogP contribution in [0.4, 0.5) is 5.69 Å². The van der Waals surface area contributed by atoms with E-state index in [0.29, 0.717) is 17.8 Å². The fraction of sp³-hybridized carbons (Fsp3) is 0.714. The zero-order chi connectivity index (χ0) is 13.8. The van der Waals surface area contributed by atoms with E-state index in [1.165, 1.54) is 0 Å². The van der Waals surface area contributed by atoms with Gasteiger partial charge in [0.05, 0.1) is 42.7 Å². The van der Waals surface area contributed by atoms with Gasteiger partial charge in [0.15, 0.2) is 0 Å². The summed E-state index contributed by atoms with van der Waals surface area (Å²) in [6, 6.07) is 0.393. The third-order valence-electron chi connectivity index (χ3n) is 3.52. The molecule has 0 amide bonds. The second kappa shape index (κ2) is 6.53. The SMILES string of the molecule is CCC1COCCN1c1cnc(C(C)C)nc1CCl. The van der Waals surface area contributed by atoms with Crippen molar-refractivity contribution in [1.29, 1.82) is 0 Å². The smallest absolute Gasteiger partial charge is 0.131 e. The third-order valence-corrected chi connectivity index (χ3v) is 3.77. The summed E-state index contributed by atoms with van der Waals surface area (Å²) < 4.78 is 5.54. The van der Waals surface area contributed by atoms with Gasteiger partial charge in [-0.3, -0.25) is 0 Å². The summed E-state index contributed by atoms with van der Waals surface area (Å²) in [4.78, 5) is 11.4. The van der Waals surface area contributed by atoms with Crippen molar-refractivity contribution in [3.8, 4) is 0 Å². The Morgan fingerprint density at radius 3 is 2.95 bits per heavy atom. The van der Waals surface area contributed by atoms with Crippen molar-refractivity contribution in [3.63, 3.8) is 0 Å². The second-order valence-electron chi connectivity index (χ2n) is 5.18. The summed E-state index contributed by atoms with van der Waals surface area (Å²) in [5, 5.41) is 0. The van der Waals surface area contributed by atoms with Gasteiger partial charge in [-0.05, 0) is 6.42 Å². The molecule has 1 aliphatic heterocycles. The molecule has 0 spiro atoms. The molecule has 1 fully saturated rings. The number of hydrogen-bond donors (Lipinski definition) is 0. The van der Waals surface area contributed by atoms with Crippen LogP contribution in [-0.4, -0.2) is 35.8 Å². The highest BCUT2D eigenvalue weighted by atomic mass is 35.5. The molecular weight excluding hydrogens is 262 g/mol. The minimum Gasteiger partial charge on any atom is -0.377 e. The van der Waals surface area contributed by atoms with Crippen molar-refractivity contribution < 1.29 is 4.74 Å². The standard InChI is InChI=1S/C14H22ClN3O/c1-4-11-9-19-6-5-18(11)13-8-16-14(10(2)3)17-12(13)7-15/h8,10-11H,4-7,9H2,1-3H3. The first-order valence-corrected chi connectivity index (χ1v) is 7.47. The maximum absolute atomic E-state index is 6.07. The molecule has 0 aromatic carbocycles. The van der Waals surface area contributed by atoms with E-state index >= 15 is 0 Å². The van der Waals surface area contributed by atoms with Crippen LogP contribution in [0.5, 0.6) is 0 Å². The highest BCUT2D eigenvalue weighted by Gasteiger charge is 2.24. The summed E-state index contributed by atoms with van der Waals surface area (Å²) in [5.74, 6) is 1.61. The molecule has 1 atom stereocenters. The number of rotatable bonds is 4. The molecule has 0 radical (unpaired) electrons. The number of halogens is 1. The van der Waals surface area contributed by atoms with E-state index in [1.807, 2.05) is 6.20 Å². The van der Waals surface area contributed by atoms with Crippen LogP contribution >= 0.6 is 11.6 Å². The number of aromatic nitrogens is 2. The van der Waals surface area contributed by atoms with Gasteiger partial charge in [0, 0.05) is 12.5 Å². The van der Waals surface area contributed by atoms with Gasteiger partial charge < -0.3 is 9.64 Å². The van der Waals surface area contributed by atoms with Gasteiger partial charge in [0.2, 0.25) is 0 Å². The molecule has 0 N–H and O–H groups in total. The monoisotopic (exact) mass is 283 g/mol. The molecule has 5 heteroatoms. The minimum absolute atomic E-state index is 0.322. The van der Waals surface area contributed by atoms with E-state index in [9.17, 15) is 0 Å². The lowest BCUT2D eigenvalue weighted by molar-refractivity contribution is 0.0928. The van der Waals surface area contributed by atoms with Gasteiger partial charge in [-0.1, -0.05) is 20.8 Å². The lowest BCUT2D eigenvalue weighted by Gasteiger charge is -2.37. The fourth-order valence-electron chi connectivity index (χ4n) is 2.35. The number of morpholine rings is 1. The Morgan fingerprint density at radius 1 is 1.53 bits per heavy atom. The van der Waals surface area contributed by atoms with Crippen LogP contribution in [-0.2, 0) is 10.6 Å². The molecule has 106 valence electrons. The Labute approximate surface area is 120 Å². The molecule has 1 aromatic heterocycles. The molecule has 4 nitrogen and oxygen atoms in total. The molecule has 1 saturated heterocycles. The Balaban J connectivity index is 2.32. The van der Waals surface area contributed by atoms with Crippen LogP contribution in [0.15, 0.2) is 6.20 Å². The molecular formula is C14H22ClN3O. The lowest BCUT2D eigenvalue weighted by Crippen LogP contribution is -2.45.